The predicted molar refractivity (Wildman–Crippen MR) is 118 cm³/mol. The summed E-state index contributed by atoms with van der Waals surface area (Å²) >= 11 is 5.99. The third kappa shape index (κ3) is 4.14. The number of carbonyl (C=O) groups is 1. The van der Waals surface area contributed by atoms with E-state index in [1.807, 2.05) is 68.4 Å². The largest absolute Gasteiger partial charge is 0.462 e. The van der Waals surface area contributed by atoms with Crippen molar-refractivity contribution in [3.8, 4) is 0 Å². The third-order valence-corrected chi connectivity index (χ3v) is 6.90. The summed E-state index contributed by atoms with van der Waals surface area (Å²) in [6.45, 7) is 6.25. The number of piperidine rings is 1. The van der Waals surface area contributed by atoms with E-state index in [1.165, 1.54) is 0 Å². The van der Waals surface area contributed by atoms with Crippen molar-refractivity contribution in [2.45, 2.75) is 50.2 Å². The summed E-state index contributed by atoms with van der Waals surface area (Å²) in [7, 11) is 0. The Morgan fingerprint density at radius 2 is 1.73 bits per heavy atom. The zero-order valence-electron chi connectivity index (χ0n) is 17.7. The number of carbonyl (C=O) groups excluding carboxylic acids is 1. The first-order chi connectivity index (χ1) is 14.3. The van der Waals surface area contributed by atoms with Gasteiger partial charge in [-0.2, -0.15) is 0 Å². The van der Waals surface area contributed by atoms with Crippen LogP contribution in [0.25, 0.3) is 0 Å². The molecule has 2 atom stereocenters. The van der Waals surface area contributed by atoms with Gasteiger partial charge in [-0.1, -0.05) is 54.1 Å². The molecule has 0 unspecified atom stereocenters. The number of likely N-dealkylation sites (tertiary alicyclic amines) is 1. The van der Waals surface area contributed by atoms with Gasteiger partial charge in [-0.3, -0.25) is 4.79 Å². The second-order valence-electron chi connectivity index (χ2n) is 9.03. The van der Waals surface area contributed by atoms with E-state index in [1.54, 1.807) is 0 Å². The molecule has 1 aliphatic carbocycles. The van der Waals surface area contributed by atoms with E-state index in [0.29, 0.717) is 17.9 Å². The highest BCUT2D eigenvalue weighted by Crippen LogP contribution is 2.56. The molecular weight excluding hydrogens is 398 g/mol. The van der Waals surface area contributed by atoms with Crippen molar-refractivity contribution in [3.63, 3.8) is 0 Å². The number of ether oxygens (including phenoxy) is 1. The first-order valence-corrected chi connectivity index (χ1v) is 11.2. The summed E-state index contributed by atoms with van der Waals surface area (Å²) in [6, 6.07) is 17.5. The van der Waals surface area contributed by atoms with Gasteiger partial charge in [0.2, 0.25) is 0 Å². The zero-order valence-corrected chi connectivity index (χ0v) is 18.4. The molecule has 1 heterocycles. The van der Waals surface area contributed by atoms with Crippen molar-refractivity contribution in [3.05, 3.63) is 70.7 Å². The summed E-state index contributed by atoms with van der Waals surface area (Å²) in [5.74, 6) is 0.135. The van der Waals surface area contributed by atoms with Crippen molar-refractivity contribution in [1.29, 1.82) is 0 Å². The number of esters is 1. The summed E-state index contributed by atoms with van der Waals surface area (Å²) in [6.07, 6.45) is 2.05. The number of nitrogens with zero attached hydrogens (tertiary/aromatic N) is 1. The average molecular weight is 428 g/mol. The van der Waals surface area contributed by atoms with Crippen LogP contribution in [0.4, 0.5) is 0 Å². The van der Waals surface area contributed by atoms with Crippen LogP contribution < -0.4 is 0 Å². The fraction of sp³-hybridized carbons (Fsp3) is 0.480. The molecule has 0 aromatic heterocycles. The lowest BCUT2D eigenvalue weighted by molar-refractivity contribution is -0.151. The van der Waals surface area contributed by atoms with E-state index >= 15 is 0 Å². The van der Waals surface area contributed by atoms with Crippen LogP contribution in [-0.4, -0.2) is 41.7 Å². The van der Waals surface area contributed by atoms with Crippen LogP contribution in [0.3, 0.4) is 0 Å². The molecule has 1 saturated heterocycles. The van der Waals surface area contributed by atoms with Gasteiger partial charge in [-0.05, 0) is 62.3 Å². The second-order valence-corrected chi connectivity index (χ2v) is 9.47. The maximum atomic E-state index is 13.0. The molecule has 2 fully saturated rings. The highest BCUT2D eigenvalue weighted by atomic mass is 35.5. The lowest BCUT2D eigenvalue weighted by Crippen LogP contribution is -2.44. The summed E-state index contributed by atoms with van der Waals surface area (Å²) in [5, 5.41) is 11.8. The maximum absolute atomic E-state index is 13.0. The van der Waals surface area contributed by atoms with Crippen LogP contribution in [0, 0.1) is 5.92 Å². The Morgan fingerprint density at radius 3 is 2.33 bits per heavy atom. The minimum Gasteiger partial charge on any atom is -0.462 e. The molecule has 2 aromatic rings. The molecule has 0 bridgehead atoms. The maximum Gasteiger partial charge on any atom is 0.317 e. The van der Waals surface area contributed by atoms with Crippen molar-refractivity contribution in [1.82, 2.24) is 4.90 Å². The van der Waals surface area contributed by atoms with E-state index in [4.69, 9.17) is 16.3 Å². The van der Waals surface area contributed by atoms with Crippen molar-refractivity contribution >= 4 is 17.6 Å². The van der Waals surface area contributed by atoms with E-state index in [2.05, 4.69) is 4.90 Å². The molecule has 4 nitrogen and oxygen atoms in total. The highest BCUT2D eigenvalue weighted by Gasteiger charge is 2.62. The molecule has 2 aliphatic rings. The van der Waals surface area contributed by atoms with Crippen molar-refractivity contribution in [2.24, 2.45) is 5.92 Å². The molecule has 160 valence electrons. The van der Waals surface area contributed by atoms with Crippen LogP contribution in [0.5, 0.6) is 0 Å². The molecule has 4 rings (SSSR count). The Morgan fingerprint density at radius 1 is 1.10 bits per heavy atom. The number of halogens is 1. The number of rotatable bonds is 6. The molecular formula is C25H30ClNO3. The van der Waals surface area contributed by atoms with E-state index in [9.17, 15) is 9.90 Å². The van der Waals surface area contributed by atoms with E-state index in [0.717, 1.165) is 37.2 Å². The summed E-state index contributed by atoms with van der Waals surface area (Å²) < 4.78 is 5.64. The van der Waals surface area contributed by atoms with Crippen molar-refractivity contribution < 1.29 is 14.6 Å². The molecule has 1 N–H and O–H groups in total. The molecule has 1 saturated carbocycles. The molecule has 5 heteroatoms. The smallest absolute Gasteiger partial charge is 0.317 e. The van der Waals surface area contributed by atoms with Crippen LogP contribution in [-0.2, 0) is 20.5 Å². The second kappa shape index (κ2) is 8.33. The predicted octanol–water partition coefficient (Wildman–Crippen LogP) is 4.53. The number of benzene rings is 2. The third-order valence-electron chi connectivity index (χ3n) is 6.64. The average Bonchev–Trinajstić information content (AvgIpc) is 3.46. The van der Waals surface area contributed by atoms with Gasteiger partial charge in [-0.25, -0.2) is 0 Å². The van der Waals surface area contributed by atoms with Crippen molar-refractivity contribution in [2.75, 3.05) is 19.6 Å². The Bertz CT molecular complexity index is 875. The standard InChI is InChI=1S/C25H30ClNO3/c1-18(2)30-23(28)25(20-6-4-3-5-7-20)16-21(25)17-27-14-12-24(29,13-15-27)19-8-10-22(26)11-9-19/h3-11,18,21,29H,12-17H2,1-2H3/t21-,25+/m0/s1. The molecule has 2 aromatic carbocycles. The Kier molecular flexibility index (Phi) is 5.93. The lowest BCUT2D eigenvalue weighted by atomic mass is 9.84. The number of hydrogen-bond acceptors (Lipinski definition) is 4. The first kappa shape index (κ1) is 21.4. The SMILES string of the molecule is CC(C)OC(=O)[C@@]1(c2ccccc2)C[C@H]1CN1CCC(O)(c2ccc(Cl)cc2)CC1. The van der Waals surface area contributed by atoms with Crippen LogP contribution in [0.2, 0.25) is 5.02 Å². The minimum atomic E-state index is -0.808. The normalized spacial score (nSPS) is 25.8. The minimum absolute atomic E-state index is 0.108. The molecule has 0 spiro atoms. The fourth-order valence-electron chi connectivity index (χ4n) is 4.79. The van der Waals surface area contributed by atoms with E-state index < -0.39 is 11.0 Å². The van der Waals surface area contributed by atoms with Crippen LogP contribution in [0.15, 0.2) is 54.6 Å². The van der Waals surface area contributed by atoms with Crippen LogP contribution >= 0.6 is 11.6 Å². The van der Waals surface area contributed by atoms with Crippen LogP contribution in [0.1, 0.15) is 44.2 Å². The Labute approximate surface area is 183 Å². The van der Waals surface area contributed by atoms with Gasteiger partial charge in [0.25, 0.3) is 0 Å². The first-order valence-electron chi connectivity index (χ1n) is 10.8. The van der Waals surface area contributed by atoms with E-state index in [-0.39, 0.29) is 18.0 Å². The Balaban J connectivity index is 1.42. The zero-order chi connectivity index (χ0) is 21.4. The highest BCUT2D eigenvalue weighted by molar-refractivity contribution is 6.30. The number of aliphatic hydroxyl groups is 1. The summed E-state index contributed by atoms with van der Waals surface area (Å²) in [5.41, 5.74) is 0.639. The molecule has 30 heavy (non-hydrogen) atoms. The number of hydrogen-bond donors (Lipinski definition) is 1. The van der Waals surface area contributed by atoms with Gasteiger partial charge >= 0.3 is 5.97 Å². The Hall–Kier alpha value is -1.88. The quantitative estimate of drug-likeness (QED) is 0.688. The summed E-state index contributed by atoms with van der Waals surface area (Å²) in [4.78, 5) is 15.4. The molecule has 1 aliphatic heterocycles. The molecule has 0 radical (unpaired) electrons. The van der Waals surface area contributed by atoms with Gasteiger partial charge < -0.3 is 14.7 Å². The van der Waals surface area contributed by atoms with Gasteiger partial charge in [0, 0.05) is 24.7 Å². The van der Waals surface area contributed by atoms with Gasteiger partial charge in [0.05, 0.1) is 17.1 Å². The fourth-order valence-corrected chi connectivity index (χ4v) is 4.92. The van der Waals surface area contributed by atoms with Gasteiger partial charge in [0.15, 0.2) is 0 Å². The molecule has 0 amide bonds. The monoisotopic (exact) mass is 427 g/mol. The van der Waals surface area contributed by atoms with Gasteiger partial charge in [-0.15, -0.1) is 0 Å². The lowest BCUT2D eigenvalue weighted by Gasteiger charge is -2.39. The van der Waals surface area contributed by atoms with Gasteiger partial charge in [0.1, 0.15) is 0 Å². The topological polar surface area (TPSA) is 49.8 Å².